The molecule has 1 unspecified atom stereocenters. The molecule has 0 radical (unpaired) electrons. The number of para-hydroxylation sites is 2. The highest BCUT2D eigenvalue weighted by Crippen LogP contribution is 2.54. The van der Waals surface area contributed by atoms with Crippen LogP contribution in [0.3, 0.4) is 0 Å². The fourth-order valence-corrected chi connectivity index (χ4v) is 10.2. The van der Waals surface area contributed by atoms with Crippen molar-refractivity contribution in [3.8, 4) is 34.1 Å². The molecule has 8 aromatic rings. The van der Waals surface area contributed by atoms with E-state index < -0.39 is 16.8 Å². The summed E-state index contributed by atoms with van der Waals surface area (Å²) in [5.41, 5.74) is 6.37. The fourth-order valence-electron chi connectivity index (χ4n) is 7.02. The van der Waals surface area contributed by atoms with Gasteiger partial charge in [0.05, 0.1) is 0 Å². The average molecular weight is 775 g/mol. The second-order valence-corrected chi connectivity index (χ2v) is 16.8. The van der Waals surface area contributed by atoms with Crippen molar-refractivity contribution in [2.45, 2.75) is 34.6 Å². The standard InChI is InChI=1S/C49H41FO4P2/c1-32-27-39(50)31-41(28-32)55(40-21-7-6-8-22-40)53-48-35(4)29-37-19-11-13-23-42(37)46(48)47-43-24-14-12-20-38(43)30-36(5)49(47)54-56(51-44-25-15-9-17-33(44)2)52-45-26-16-10-18-34(45)3/h6-31H,1-5H3. The van der Waals surface area contributed by atoms with Gasteiger partial charge in [-0.3, -0.25) is 0 Å². The van der Waals surface area contributed by atoms with Crippen molar-refractivity contribution >= 4 is 48.9 Å². The van der Waals surface area contributed by atoms with Gasteiger partial charge in [0.15, 0.2) is 8.15 Å². The van der Waals surface area contributed by atoms with E-state index in [-0.39, 0.29) is 5.82 Å². The lowest BCUT2D eigenvalue weighted by atomic mass is 9.89. The van der Waals surface area contributed by atoms with Crippen molar-refractivity contribution in [2.75, 3.05) is 0 Å². The maximum atomic E-state index is 15.1. The summed E-state index contributed by atoms with van der Waals surface area (Å²) in [4.78, 5) is 0. The molecule has 0 saturated heterocycles. The van der Waals surface area contributed by atoms with Gasteiger partial charge in [-0.25, -0.2) is 4.39 Å². The lowest BCUT2D eigenvalue weighted by Gasteiger charge is -2.27. The van der Waals surface area contributed by atoms with E-state index in [4.69, 9.17) is 18.1 Å². The van der Waals surface area contributed by atoms with E-state index in [9.17, 15) is 0 Å². The second kappa shape index (κ2) is 16.2. The molecule has 0 bridgehead atoms. The van der Waals surface area contributed by atoms with E-state index in [1.54, 1.807) is 12.1 Å². The monoisotopic (exact) mass is 774 g/mol. The molecule has 7 heteroatoms. The molecule has 1 atom stereocenters. The predicted octanol–water partition coefficient (Wildman–Crippen LogP) is 13.5. The number of hydrogen-bond acceptors (Lipinski definition) is 4. The Morgan fingerprint density at radius 1 is 0.411 bits per heavy atom. The van der Waals surface area contributed by atoms with Crippen molar-refractivity contribution in [1.29, 1.82) is 0 Å². The molecule has 0 fully saturated rings. The molecule has 0 saturated carbocycles. The van der Waals surface area contributed by atoms with Crippen molar-refractivity contribution in [1.82, 2.24) is 0 Å². The number of halogens is 1. The van der Waals surface area contributed by atoms with Gasteiger partial charge in [-0.1, -0.05) is 115 Å². The van der Waals surface area contributed by atoms with E-state index in [0.717, 1.165) is 71.1 Å². The van der Waals surface area contributed by atoms with Crippen LogP contribution in [-0.4, -0.2) is 0 Å². The molecule has 0 aliphatic heterocycles. The zero-order chi connectivity index (χ0) is 38.8. The zero-order valence-electron chi connectivity index (χ0n) is 31.9. The summed E-state index contributed by atoms with van der Waals surface area (Å²) >= 11 is 0. The zero-order valence-corrected chi connectivity index (χ0v) is 33.7. The third kappa shape index (κ3) is 7.71. The van der Waals surface area contributed by atoms with Crippen molar-refractivity contribution in [2.24, 2.45) is 0 Å². The Morgan fingerprint density at radius 3 is 1.43 bits per heavy atom. The minimum atomic E-state index is -2.04. The molecule has 0 aliphatic carbocycles. The third-order valence-corrected chi connectivity index (χ3v) is 12.6. The number of fused-ring (bicyclic) bond motifs is 2. The molecule has 0 spiro atoms. The Morgan fingerprint density at radius 2 is 0.893 bits per heavy atom. The van der Waals surface area contributed by atoms with E-state index in [0.29, 0.717) is 23.0 Å². The van der Waals surface area contributed by atoms with Crippen LogP contribution in [0.4, 0.5) is 4.39 Å². The Bertz CT molecular complexity index is 2630. The maximum Gasteiger partial charge on any atom is 0.530 e. The highest BCUT2D eigenvalue weighted by Gasteiger charge is 2.30. The van der Waals surface area contributed by atoms with Crippen LogP contribution in [0.1, 0.15) is 27.8 Å². The SMILES string of the molecule is Cc1cc(F)cc(P(Oc2c(C)cc3ccccc3c2-c2c(OP(Oc3ccccc3C)Oc3ccccc3C)c(C)cc3ccccc23)c2ccccc2)c1. The molecule has 278 valence electrons. The highest BCUT2D eigenvalue weighted by molar-refractivity contribution is 7.68. The minimum absolute atomic E-state index is 0.293. The Hall–Kier alpha value is -5.73. The molecule has 0 aromatic heterocycles. The van der Waals surface area contributed by atoms with E-state index >= 15 is 4.39 Å². The van der Waals surface area contributed by atoms with Crippen molar-refractivity contribution < 1.29 is 22.5 Å². The number of hydrogen-bond donors (Lipinski definition) is 0. The average Bonchev–Trinajstić information content (AvgIpc) is 3.19. The largest absolute Gasteiger partial charge is 0.530 e. The van der Waals surface area contributed by atoms with Gasteiger partial charge in [0.2, 0.25) is 0 Å². The number of aryl methyl sites for hydroxylation is 5. The van der Waals surface area contributed by atoms with Crippen LogP contribution >= 0.6 is 16.8 Å². The summed E-state index contributed by atoms with van der Waals surface area (Å²) < 4.78 is 43.0. The second-order valence-electron chi connectivity index (χ2n) is 14.0. The van der Waals surface area contributed by atoms with Gasteiger partial charge in [0.25, 0.3) is 0 Å². The smallest absolute Gasteiger partial charge is 0.464 e. The molecule has 4 nitrogen and oxygen atoms in total. The van der Waals surface area contributed by atoms with Gasteiger partial charge in [-0.2, -0.15) is 0 Å². The summed E-state index contributed by atoms with van der Waals surface area (Å²) in [6, 6.07) is 52.0. The molecule has 8 rings (SSSR count). The molecule has 8 aromatic carbocycles. The van der Waals surface area contributed by atoms with Crippen LogP contribution in [-0.2, 0) is 0 Å². The molecule has 0 N–H and O–H groups in total. The Kier molecular flexibility index (Phi) is 10.7. The Balaban J connectivity index is 1.38. The van der Waals surface area contributed by atoms with Crippen LogP contribution in [0, 0.1) is 40.4 Å². The number of benzene rings is 8. The van der Waals surface area contributed by atoms with E-state index in [2.05, 4.69) is 74.5 Å². The lowest BCUT2D eigenvalue weighted by molar-refractivity contribution is 0.385. The van der Waals surface area contributed by atoms with Gasteiger partial charge in [-0.05, 0) is 126 Å². The van der Waals surface area contributed by atoms with Gasteiger partial charge < -0.3 is 18.1 Å². The van der Waals surface area contributed by atoms with Gasteiger partial charge in [0, 0.05) is 21.7 Å². The van der Waals surface area contributed by atoms with Crippen LogP contribution in [0.2, 0.25) is 0 Å². The molecule has 0 aliphatic rings. The highest BCUT2D eigenvalue weighted by atomic mass is 31.2. The summed E-state index contributed by atoms with van der Waals surface area (Å²) in [6.07, 6.45) is 0. The molecule has 56 heavy (non-hydrogen) atoms. The quantitative estimate of drug-likeness (QED) is 0.123. The first-order chi connectivity index (χ1) is 27.2. The topological polar surface area (TPSA) is 36.9 Å². The fraction of sp³-hybridized carbons (Fsp3) is 0.102. The lowest BCUT2D eigenvalue weighted by Crippen LogP contribution is -2.17. The first kappa shape index (κ1) is 37.2. The van der Waals surface area contributed by atoms with Crippen LogP contribution in [0.25, 0.3) is 32.7 Å². The summed E-state index contributed by atoms with van der Waals surface area (Å²) in [5, 5.41) is 5.85. The first-order valence-electron chi connectivity index (χ1n) is 18.5. The number of rotatable bonds is 11. The van der Waals surface area contributed by atoms with Crippen molar-refractivity contribution in [3.63, 3.8) is 0 Å². The third-order valence-electron chi connectivity index (χ3n) is 9.76. The first-order valence-corrected chi connectivity index (χ1v) is 20.9. The maximum absolute atomic E-state index is 15.1. The van der Waals surface area contributed by atoms with E-state index in [1.807, 2.05) is 106 Å². The summed E-state index contributed by atoms with van der Waals surface area (Å²) in [6.45, 7) is 10.1. The molecular formula is C49H41FO4P2. The Labute approximate surface area is 330 Å². The molecule has 0 heterocycles. The summed E-state index contributed by atoms with van der Waals surface area (Å²) in [5.74, 6) is 2.39. The van der Waals surface area contributed by atoms with Crippen LogP contribution < -0.4 is 28.7 Å². The van der Waals surface area contributed by atoms with Crippen LogP contribution in [0.15, 0.2) is 158 Å². The normalized spacial score (nSPS) is 11.8. The minimum Gasteiger partial charge on any atom is -0.464 e. The summed E-state index contributed by atoms with van der Waals surface area (Å²) in [7, 11) is -3.55. The molecule has 0 amide bonds. The van der Waals surface area contributed by atoms with Gasteiger partial charge in [-0.15, -0.1) is 0 Å². The van der Waals surface area contributed by atoms with Crippen molar-refractivity contribution in [3.05, 3.63) is 191 Å². The van der Waals surface area contributed by atoms with Crippen LogP contribution in [0.5, 0.6) is 23.0 Å². The predicted molar refractivity (Wildman–Crippen MR) is 232 cm³/mol. The molecular weight excluding hydrogens is 733 g/mol. The van der Waals surface area contributed by atoms with E-state index in [1.165, 1.54) is 0 Å². The van der Waals surface area contributed by atoms with Gasteiger partial charge >= 0.3 is 8.60 Å². The van der Waals surface area contributed by atoms with Gasteiger partial charge in [0.1, 0.15) is 28.8 Å².